The highest BCUT2D eigenvalue weighted by Gasteiger charge is 2.44. The molecule has 0 spiro atoms. The molecular formula is C9H15N. The normalized spacial score (nSPS) is 24.5. The summed E-state index contributed by atoms with van der Waals surface area (Å²) in [5.74, 6) is 0. The van der Waals surface area contributed by atoms with E-state index in [1.165, 1.54) is 25.7 Å². The van der Waals surface area contributed by atoms with Gasteiger partial charge in [-0.2, -0.15) is 0 Å². The van der Waals surface area contributed by atoms with Crippen LogP contribution in [0.15, 0.2) is 0 Å². The molecule has 1 rings (SSSR count). The molecular weight excluding hydrogens is 122 g/mol. The Labute approximate surface area is 63.3 Å². The lowest BCUT2D eigenvalue weighted by Crippen LogP contribution is -2.37. The first-order valence-corrected chi connectivity index (χ1v) is 4.12. The Kier molecular flexibility index (Phi) is 1.99. The molecule has 0 radical (unpaired) electrons. The van der Waals surface area contributed by atoms with Gasteiger partial charge in [-0.3, -0.25) is 0 Å². The molecule has 56 valence electrons. The molecule has 1 unspecified atom stereocenters. The zero-order valence-corrected chi connectivity index (χ0v) is 6.85. The number of nitrogens with zero attached hydrogens (tertiary/aromatic N) is 1. The van der Waals surface area contributed by atoms with Gasteiger partial charge >= 0.3 is 0 Å². The van der Waals surface area contributed by atoms with Crippen molar-refractivity contribution in [3.05, 3.63) is 11.4 Å². The summed E-state index contributed by atoms with van der Waals surface area (Å²) in [5.41, 5.74) is 0.418. The highest BCUT2D eigenvalue weighted by molar-refractivity contribution is 4.99. The summed E-state index contributed by atoms with van der Waals surface area (Å²) >= 11 is 0. The molecule has 0 bridgehead atoms. The first-order chi connectivity index (χ1) is 4.75. The van der Waals surface area contributed by atoms with E-state index in [1.807, 2.05) is 0 Å². The maximum Gasteiger partial charge on any atom is 0.226 e. The van der Waals surface area contributed by atoms with E-state index in [-0.39, 0.29) is 6.04 Å². The van der Waals surface area contributed by atoms with Crippen LogP contribution in [-0.2, 0) is 0 Å². The van der Waals surface area contributed by atoms with E-state index >= 15 is 0 Å². The Morgan fingerprint density at radius 3 is 2.30 bits per heavy atom. The topological polar surface area (TPSA) is 4.36 Å². The zero-order valence-electron chi connectivity index (χ0n) is 6.85. The van der Waals surface area contributed by atoms with Crippen LogP contribution in [0.25, 0.3) is 4.85 Å². The standard InChI is InChI=1S/C9H15N/c1-4-9(6-5-7-9)8(2)10-3/h8H,4-7H2,1-2H3. The van der Waals surface area contributed by atoms with Gasteiger partial charge in [0.05, 0.1) is 0 Å². The van der Waals surface area contributed by atoms with Crippen molar-refractivity contribution in [2.24, 2.45) is 5.41 Å². The van der Waals surface area contributed by atoms with Gasteiger partial charge in [-0.25, -0.2) is 6.57 Å². The first kappa shape index (κ1) is 7.60. The lowest BCUT2D eigenvalue weighted by atomic mass is 9.63. The molecule has 0 saturated heterocycles. The molecule has 0 aliphatic heterocycles. The summed E-state index contributed by atoms with van der Waals surface area (Å²) < 4.78 is 0. The minimum atomic E-state index is 0.256. The van der Waals surface area contributed by atoms with Crippen molar-refractivity contribution < 1.29 is 0 Å². The number of hydrogen-bond donors (Lipinski definition) is 0. The summed E-state index contributed by atoms with van der Waals surface area (Å²) in [7, 11) is 0. The van der Waals surface area contributed by atoms with Gasteiger partial charge in [0.15, 0.2) is 0 Å². The highest BCUT2D eigenvalue weighted by Crippen LogP contribution is 2.47. The van der Waals surface area contributed by atoms with Crippen LogP contribution in [-0.4, -0.2) is 6.04 Å². The van der Waals surface area contributed by atoms with Gasteiger partial charge in [-0.05, 0) is 19.3 Å². The smallest absolute Gasteiger partial charge is 0.226 e. The van der Waals surface area contributed by atoms with Crippen LogP contribution in [0.2, 0.25) is 0 Å². The highest BCUT2D eigenvalue weighted by atomic mass is 14.8. The summed E-state index contributed by atoms with van der Waals surface area (Å²) in [6, 6.07) is 0.256. The maximum absolute atomic E-state index is 6.93. The molecule has 1 atom stereocenters. The summed E-state index contributed by atoms with van der Waals surface area (Å²) in [6.45, 7) is 11.2. The van der Waals surface area contributed by atoms with E-state index in [0.717, 1.165) is 0 Å². The Balaban J connectivity index is 2.57. The van der Waals surface area contributed by atoms with E-state index < -0.39 is 0 Å². The molecule has 0 aromatic carbocycles. The van der Waals surface area contributed by atoms with E-state index in [2.05, 4.69) is 18.7 Å². The van der Waals surface area contributed by atoms with E-state index in [9.17, 15) is 0 Å². The van der Waals surface area contributed by atoms with E-state index in [0.29, 0.717) is 5.41 Å². The van der Waals surface area contributed by atoms with Gasteiger partial charge in [0.25, 0.3) is 0 Å². The number of rotatable bonds is 2. The van der Waals surface area contributed by atoms with Gasteiger partial charge in [0.1, 0.15) is 0 Å². The molecule has 1 aliphatic rings. The molecule has 1 fully saturated rings. The van der Waals surface area contributed by atoms with Crippen LogP contribution in [0.4, 0.5) is 0 Å². The molecule has 1 saturated carbocycles. The molecule has 1 heteroatoms. The predicted molar refractivity (Wildman–Crippen MR) is 42.6 cm³/mol. The Morgan fingerprint density at radius 1 is 1.60 bits per heavy atom. The minimum Gasteiger partial charge on any atom is -0.313 e. The van der Waals surface area contributed by atoms with Gasteiger partial charge in [0, 0.05) is 12.3 Å². The fourth-order valence-corrected chi connectivity index (χ4v) is 1.83. The van der Waals surface area contributed by atoms with Gasteiger partial charge in [0.2, 0.25) is 6.04 Å². The van der Waals surface area contributed by atoms with Crippen molar-refractivity contribution in [2.75, 3.05) is 0 Å². The maximum atomic E-state index is 6.93. The monoisotopic (exact) mass is 137 g/mol. The second-order valence-corrected chi connectivity index (χ2v) is 3.37. The second kappa shape index (κ2) is 2.62. The van der Waals surface area contributed by atoms with Gasteiger partial charge in [-0.1, -0.05) is 13.3 Å². The van der Waals surface area contributed by atoms with Crippen LogP contribution in [0, 0.1) is 12.0 Å². The van der Waals surface area contributed by atoms with E-state index in [4.69, 9.17) is 6.57 Å². The average Bonchev–Trinajstić information content (AvgIpc) is 1.86. The lowest BCUT2D eigenvalue weighted by Gasteiger charge is -2.40. The number of hydrogen-bond acceptors (Lipinski definition) is 0. The van der Waals surface area contributed by atoms with Crippen LogP contribution in [0.5, 0.6) is 0 Å². The Bertz CT molecular complexity index is 145. The lowest BCUT2D eigenvalue weighted by molar-refractivity contribution is 0.112. The molecule has 0 aromatic rings. The molecule has 1 aliphatic carbocycles. The fraction of sp³-hybridized carbons (Fsp3) is 0.889. The summed E-state index contributed by atoms with van der Waals surface area (Å²) in [5, 5.41) is 0. The summed E-state index contributed by atoms with van der Waals surface area (Å²) in [4.78, 5) is 3.60. The molecule has 0 aromatic heterocycles. The molecule has 0 heterocycles. The van der Waals surface area contributed by atoms with Crippen LogP contribution < -0.4 is 0 Å². The quantitative estimate of drug-likeness (QED) is 0.515. The van der Waals surface area contributed by atoms with Crippen molar-refractivity contribution in [1.29, 1.82) is 0 Å². The summed E-state index contributed by atoms with van der Waals surface area (Å²) in [6.07, 6.45) is 5.10. The minimum absolute atomic E-state index is 0.256. The predicted octanol–water partition coefficient (Wildman–Crippen LogP) is 2.87. The molecule has 1 nitrogen and oxygen atoms in total. The Hall–Kier alpha value is -0.510. The van der Waals surface area contributed by atoms with Gasteiger partial charge in [-0.15, -0.1) is 0 Å². The third-order valence-corrected chi connectivity index (χ3v) is 3.13. The third kappa shape index (κ3) is 0.923. The third-order valence-electron chi connectivity index (χ3n) is 3.13. The second-order valence-electron chi connectivity index (χ2n) is 3.37. The van der Waals surface area contributed by atoms with Crippen LogP contribution in [0.3, 0.4) is 0 Å². The van der Waals surface area contributed by atoms with E-state index in [1.54, 1.807) is 0 Å². The van der Waals surface area contributed by atoms with Crippen LogP contribution >= 0.6 is 0 Å². The molecule has 10 heavy (non-hydrogen) atoms. The van der Waals surface area contributed by atoms with Crippen molar-refractivity contribution in [1.82, 2.24) is 0 Å². The largest absolute Gasteiger partial charge is 0.313 e. The first-order valence-electron chi connectivity index (χ1n) is 4.12. The molecule has 0 amide bonds. The average molecular weight is 137 g/mol. The Morgan fingerprint density at radius 2 is 2.20 bits per heavy atom. The zero-order chi connectivity index (χ0) is 7.61. The van der Waals surface area contributed by atoms with Crippen molar-refractivity contribution >= 4 is 0 Å². The van der Waals surface area contributed by atoms with Crippen molar-refractivity contribution in [3.8, 4) is 0 Å². The van der Waals surface area contributed by atoms with Crippen LogP contribution in [0.1, 0.15) is 39.5 Å². The van der Waals surface area contributed by atoms with Crippen molar-refractivity contribution in [2.45, 2.75) is 45.6 Å². The van der Waals surface area contributed by atoms with Gasteiger partial charge < -0.3 is 4.85 Å². The van der Waals surface area contributed by atoms with Crippen molar-refractivity contribution in [3.63, 3.8) is 0 Å². The fourth-order valence-electron chi connectivity index (χ4n) is 1.83. The molecule has 0 N–H and O–H groups in total. The SMILES string of the molecule is [C-]#[N+]C(C)C1(CC)CCC1.